The number of amides is 1. The molecule has 1 heterocycles. The molecule has 5 nitrogen and oxygen atoms in total. The van der Waals surface area contributed by atoms with Crippen LogP contribution in [0.1, 0.15) is 12.5 Å². The summed E-state index contributed by atoms with van der Waals surface area (Å²) in [6.45, 7) is 7.02. The summed E-state index contributed by atoms with van der Waals surface area (Å²) in [5.41, 5.74) is 0.870. The molecule has 1 amide bonds. The van der Waals surface area contributed by atoms with Crippen molar-refractivity contribution in [2.24, 2.45) is 0 Å². The van der Waals surface area contributed by atoms with Crippen molar-refractivity contribution >= 4 is 12.0 Å². The summed E-state index contributed by atoms with van der Waals surface area (Å²) in [7, 11) is 3.23. The summed E-state index contributed by atoms with van der Waals surface area (Å²) in [6, 6.07) is 5.56. The molecule has 1 fully saturated rings. The zero-order valence-electron chi connectivity index (χ0n) is 13.6. The van der Waals surface area contributed by atoms with E-state index in [1.54, 1.807) is 31.3 Å². The molecule has 1 saturated heterocycles. The van der Waals surface area contributed by atoms with Crippen LogP contribution in [0.3, 0.4) is 0 Å². The van der Waals surface area contributed by atoms with Crippen LogP contribution in [0, 0.1) is 0 Å². The standard InChI is InChI=1S/C17H24N2O3/c1-4-18-9-11-19(12-10-18)17(20)8-6-14-5-7-15(21-2)13-16(14)22-3/h5-8,13H,4,9-12H2,1-3H3/p+1/b8-6+. The number of piperazine rings is 1. The molecule has 0 bridgehead atoms. The van der Waals surface area contributed by atoms with E-state index in [-0.39, 0.29) is 5.91 Å². The van der Waals surface area contributed by atoms with Crippen LogP contribution in [0.4, 0.5) is 0 Å². The number of likely N-dealkylation sites (N-methyl/N-ethyl adjacent to an activating group) is 1. The second kappa shape index (κ2) is 7.84. The Balaban J connectivity index is 2.01. The molecule has 0 aromatic heterocycles. The van der Waals surface area contributed by atoms with Crippen molar-refractivity contribution in [2.45, 2.75) is 6.92 Å². The van der Waals surface area contributed by atoms with Crippen LogP contribution < -0.4 is 14.4 Å². The molecular formula is C17H25N2O3+. The lowest BCUT2D eigenvalue weighted by Crippen LogP contribution is -3.14. The van der Waals surface area contributed by atoms with Gasteiger partial charge in [-0.05, 0) is 25.1 Å². The second-order valence-corrected chi connectivity index (χ2v) is 5.37. The van der Waals surface area contributed by atoms with Gasteiger partial charge in [0.2, 0.25) is 5.91 Å². The van der Waals surface area contributed by atoms with Gasteiger partial charge in [0.25, 0.3) is 0 Å². The topological polar surface area (TPSA) is 43.2 Å². The van der Waals surface area contributed by atoms with Gasteiger partial charge >= 0.3 is 0 Å². The van der Waals surface area contributed by atoms with Crippen LogP contribution in [0.2, 0.25) is 0 Å². The summed E-state index contributed by atoms with van der Waals surface area (Å²) in [5, 5.41) is 0. The fourth-order valence-corrected chi connectivity index (χ4v) is 2.62. The average molecular weight is 305 g/mol. The third kappa shape index (κ3) is 4.01. The molecule has 1 aliphatic heterocycles. The Hall–Kier alpha value is -2.01. The number of nitrogens with zero attached hydrogens (tertiary/aromatic N) is 1. The Morgan fingerprint density at radius 2 is 2.00 bits per heavy atom. The molecule has 0 atom stereocenters. The summed E-state index contributed by atoms with van der Waals surface area (Å²) in [5.74, 6) is 1.50. The minimum atomic E-state index is 0.0630. The average Bonchev–Trinajstić information content (AvgIpc) is 2.59. The Morgan fingerprint density at radius 1 is 1.27 bits per heavy atom. The van der Waals surface area contributed by atoms with Crippen LogP contribution in [0.15, 0.2) is 24.3 Å². The van der Waals surface area contributed by atoms with E-state index in [0.717, 1.165) is 44.0 Å². The highest BCUT2D eigenvalue weighted by atomic mass is 16.5. The van der Waals surface area contributed by atoms with Crippen LogP contribution in [0.25, 0.3) is 6.08 Å². The normalized spacial score (nSPS) is 16.0. The van der Waals surface area contributed by atoms with Gasteiger partial charge in [0.05, 0.1) is 46.9 Å². The van der Waals surface area contributed by atoms with E-state index in [1.807, 2.05) is 23.1 Å². The van der Waals surface area contributed by atoms with E-state index in [0.29, 0.717) is 5.75 Å². The highest BCUT2D eigenvalue weighted by Gasteiger charge is 2.20. The third-order valence-corrected chi connectivity index (χ3v) is 4.13. The Morgan fingerprint density at radius 3 is 2.59 bits per heavy atom. The van der Waals surface area contributed by atoms with Crippen LogP contribution in [0.5, 0.6) is 11.5 Å². The first-order valence-corrected chi connectivity index (χ1v) is 7.70. The second-order valence-electron chi connectivity index (χ2n) is 5.37. The molecule has 0 saturated carbocycles. The Labute approximate surface area is 132 Å². The number of hydrogen-bond donors (Lipinski definition) is 1. The first-order chi connectivity index (χ1) is 10.7. The van der Waals surface area contributed by atoms with Crippen molar-refractivity contribution in [3.05, 3.63) is 29.8 Å². The van der Waals surface area contributed by atoms with E-state index in [9.17, 15) is 4.79 Å². The Kier molecular flexibility index (Phi) is 5.83. The molecule has 1 N–H and O–H groups in total. The van der Waals surface area contributed by atoms with E-state index in [2.05, 4.69) is 6.92 Å². The van der Waals surface area contributed by atoms with Gasteiger partial charge in [-0.1, -0.05) is 0 Å². The van der Waals surface area contributed by atoms with Gasteiger partial charge in [0.15, 0.2) is 0 Å². The van der Waals surface area contributed by atoms with Crippen molar-refractivity contribution in [3.63, 3.8) is 0 Å². The molecule has 0 spiro atoms. The van der Waals surface area contributed by atoms with Crippen molar-refractivity contribution in [3.8, 4) is 11.5 Å². The molecule has 2 rings (SSSR count). The molecule has 0 radical (unpaired) electrons. The summed E-state index contributed by atoms with van der Waals surface area (Å²) in [6.07, 6.45) is 3.43. The van der Waals surface area contributed by atoms with Crippen molar-refractivity contribution < 1.29 is 19.2 Å². The molecule has 0 unspecified atom stereocenters. The molecule has 5 heteroatoms. The van der Waals surface area contributed by atoms with E-state index < -0.39 is 0 Å². The molecular weight excluding hydrogens is 280 g/mol. The predicted octanol–water partition coefficient (Wildman–Crippen LogP) is 0.464. The maximum atomic E-state index is 12.3. The molecule has 22 heavy (non-hydrogen) atoms. The molecule has 0 aliphatic carbocycles. The maximum absolute atomic E-state index is 12.3. The molecule has 120 valence electrons. The highest BCUT2D eigenvalue weighted by Crippen LogP contribution is 2.25. The zero-order valence-corrected chi connectivity index (χ0v) is 13.6. The predicted molar refractivity (Wildman–Crippen MR) is 86.4 cm³/mol. The first kappa shape index (κ1) is 16.4. The maximum Gasteiger partial charge on any atom is 0.246 e. The van der Waals surface area contributed by atoms with Gasteiger partial charge in [0, 0.05) is 17.7 Å². The zero-order chi connectivity index (χ0) is 15.9. The quantitative estimate of drug-likeness (QED) is 0.804. The lowest BCUT2D eigenvalue weighted by Gasteiger charge is -2.30. The lowest BCUT2D eigenvalue weighted by atomic mass is 10.1. The summed E-state index contributed by atoms with van der Waals surface area (Å²) >= 11 is 0. The number of quaternary nitrogens is 1. The van der Waals surface area contributed by atoms with E-state index in [4.69, 9.17) is 9.47 Å². The van der Waals surface area contributed by atoms with E-state index in [1.165, 1.54) is 0 Å². The minimum absolute atomic E-state index is 0.0630. The number of rotatable bonds is 5. The first-order valence-electron chi connectivity index (χ1n) is 7.70. The Bertz CT molecular complexity index is 535. The van der Waals surface area contributed by atoms with Crippen LogP contribution in [-0.2, 0) is 4.79 Å². The van der Waals surface area contributed by atoms with Gasteiger partial charge in [-0.25, -0.2) is 0 Å². The summed E-state index contributed by atoms with van der Waals surface area (Å²) in [4.78, 5) is 15.7. The number of ether oxygens (including phenoxy) is 2. The lowest BCUT2D eigenvalue weighted by molar-refractivity contribution is -0.902. The van der Waals surface area contributed by atoms with Crippen molar-refractivity contribution in [1.82, 2.24) is 4.90 Å². The minimum Gasteiger partial charge on any atom is -0.497 e. The van der Waals surface area contributed by atoms with Gasteiger partial charge in [-0.3, -0.25) is 4.79 Å². The van der Waals surface area contributed by atoms with E-state index >= 15 is 0 Å². The van der Waals surface area contributed by atoms with Crippen LogP contribution >= 0.6 is 0 Å². The number of benzene rings is 1. The SMILES string of the molecule is CC[NH+]1CCN(C(=O)/C=C/c2ccc(OC)cc2OC)CC1. The van der Waals surface area contributed by atoms with Crippen molar-refractivity contribution in [2.75, 3.05) is 46.9 Å². The van der Waals surface area contributed by atoms with Crippen LogP contribution in [-0.4, -0.2) is 57.8 Å². The molecule has 1 aliphatic rings. The van der Waals surface area contributed by atoms with Gasteiger partial charge in [0.1, 0.15) is 11.5 Å². The number of methoxy groups -OCH3 is 2. The molecule has 1 aromatic rings. The van der Waals surface area contributed by atoms with Crippen molar-refractivity contribution in [1.29, 1.82) is 0 Å². The highest BCUT2D eigenvalue weighted by molar-refractivity contribution is 5.92. The number of carbonyl (C=O) groups excluding carboxylic acids is 1. The number of carbonyl (C=O) groups is 1. The fourth-order valence-electron chi connectivity index (χ4n) is 2.62. The third-order valence-electron chi connectivity index (χ3n) is 4.13. The fraction of sp³-hybridized carbons (Fsp3) is 0.471. The van der Waals surface area contributed by atoms with Gasteiger partial charge in [-0.15, -0.1) is 0 Å². The summed E-state index contributed by atoms with van der Waals surface area (Å²) < 4.78 is 10.5. The smallest absolute Gasteiger partial charge is 0.246 e. The van der Waals surface area contributed by atoms with Gasteiger partial charge < -0.3 is 19.3 Å². The largest absolute Gasteiger partial charge is 0.497 e. The molecule has 1 aromatic carbocycles. The van der Waals surface area contributed by atoms with Gasteiger partial charge in [-0.2, -0.15) is 0 Å². The number of hydrogen-bond acceptors (Lipinski definition) is 3. The monoisotopic (exact) mass is 305 g/mol. The number of nitrogens with one attached hydrogen (secondary N) is 1.